The van der Waals surface area contributed by atoms with E-state index in [1.54, 1.807) is 0 Å². The fourth-order valence-electron chi connectivity index (χ4n) is 2.08. The topological polar surface area (TPSA) is 35.8 Å². The minimum Gasteiger partial charge on any atom is -0.309 e. The molecule has 1 rings (SSSR count). The van der Waals surface area contributed by atoms with Gasteiger partial charge in [0, 0.05) is 24.0 Å². The molecule has 1 atom stereocenters. The summed E-state index contributed by atoms with van der Waals surface area (Å²) in [6.45, 7) is 7.49. The zero-order valence-electron chi connectivity index (χ0n) is 12.0. The number of halogens is 1. The first-order chi connectivity index (χ1) is 8.98. The van der Waals surface area contributed by atoms with Gasteiger partial charge in [0.05, 0.1) is 6.07 Å². The Hall–Kier alpha value is -1.04. The molecule has 0 aliphatic carbocycles. The van der Waals surface area contributed by atoms with E-state index in [0.29, 0.717) is 12.5 Å². The molecule has 0 fully saturated rings. The number of nitriles is 1. The number of nitrogens with one attached hydrogen (secondary N) is 1. The minimum absolute atomic E-state index is 0.148. The summed E-state index contributed by atoms with van der Waals surface area (Å²) in [6, 6.07) is 10.6. The van der Waals surface area contributed by atoms with Crippen molar-refractivity contribution in [1.82, 2.24) is 5.32 Å². The average molecular weight is 279 g/mol. The Kier molecular flexibility index (Phi) is 6.34. The van der Waals surface area contributed by atoms with Gasteiger partial charge in [0.1, 0.15) is 0 Å². The fourth-order valence-corrected chi connectivity index (χ4v) is 2.20. The maximum absolute atomic E-state index is 8.67. The molecule has 0 radical (unpaired) electrons. The molecule has 0 bridgehead atoms. The van der Waals surface area contributed by atoms with Gasteiger partial charge in [-0.05, 0) is 36.0 Å². The third-order valence-electron chi connectivity index (χ3n) is 3.42. The van der Waals surface area contributed by atoms with Crippen LogP contribution in [-0.4, -0.2) is 6.54 Å². The molecule has 1 N–H and O–H groups in total. The smallest absolute Gasteiger partial charge is 0.0621 e. The molecule has 0 aromatic heterocycles. The van der Waals surface area contributed by atoms with Crippen LogP contribution < -0.4 is 5.32 Å². The molecule has 1 aromatic carbocycles. The molecule has 1 unspecified atom stereocenters. The average Bonchev–Trinajstić information content (AvgIpc) is 2.39. The first-order valence-corrected chi connectivity index (χ1v) is 7.22. The van der Waals surface area contributed by atoms with Crippen molar-refractivity contribution < 1.29 is 0 Å². The van der Waals surface area contributed by atoms with Gasteiger partial charge in [0.2, 0.25) is 0 Å². The standard InChI is InChI=1S/C16H23ClN2/c1-4-15(13-6-8-14(17)9-7-13)19-12-16(2,3)10-5-11-18/h6-9,15,19H,4-5,10,12H2,1-3H3. The van der Waals surface area contributed by atoms with Crippen molar-refractivity contribution in [3.05, 3.63) is 34.9 Å². The maximum Gasteiger partial charge on any atom is 0.0621 e. The number of hydrogen-bond donors (Lipinski definition) is 1. The molecule has 19 heavy (non-hydrogen) atoms. The molecule has 0 aliphatic rings. The molecule has 1 aromatic rings. The summed E-state index contributed by atoms with van der Waals surface area (Å²) in [7, 11) is 0. The number of hydrogen-bond acceptors (Lipinski definition) is 2. The Balaban J connectivity index is 2.58. The van der Waals surface area contributed by atoms with E-state index >= 15 is 0 Å². The first kappa shape index (κ1) is 16.0. The van der Waals surface area contributed by atoms with Gasteiger partial charge in [-0.3, -0.25) is 0 Å². The summed E-state index contributed by atoms with van der Waals surface area (Å²) < 4.78 is 0. The Bertz CT molecular complexity index is 417. The van der Waals surface area contributed by atoms with E-state index in [1.165, 1.54) is 5.56 Å². The highest BCUT2D eigenvalue weighted by atomic mass is 35.5. The van der Waals surface area contributed by atoms with Gasteiger partial charge in [0.15, 0.2) is 0 Å². The molecule has 0 heterocycles. The largest absolute Gasteiger partial charge is 0.309 e. The van der Waals surface area contributed by atoms with E-state index in [4.69, 9.17) is 16.9 Å². The Morgan fingerprint density at radius 3 is 2.47 bits per heavy atom. The second kappa shape index (κ2) is 7.53. The summed E-state index contributed by atoms with van der Waals surface area (Å²) in [4.78, 5) is 0. The molecule has 2 nitrogen and oxygen atoms in total. The molecule has 0 saturated heterocycles. The van der Waals surface area contributed by atoms with Gasteiger partial charge in [-0.15, -0.1) is 0 Å². The Labute approximate surface area is 121 Å². The lowest BCUT2D eigenvalue weighted by Gasteiger charge is -2.27. The van der Waals surface area contributed by atoms with Crippen LogP contribution in [0, 0.1) is 16.7 Å². The van der Waals surface area contributed by atoms with E-state index in [9.17, 15) is 0 Å². The van der Waals surface area contributed by atoms with Crippen LogP contribution >= 0.6 is 11.6 Å². The zero-order valence-corrected chi connectivity index (χ0v) is 12.8. The van der Waals surface area contributed by atoms with Crippen molar-refractivity contribution in [2.75, 3.05) is 6.54 Å². The predicted octanol–water partition coefficient (Wildman–Crippen LogP) is 4.71. The summed E-state index contributed by atoms with van der Waals surface area (Å²) in [5, 5.41) is 13.0. The van der Waals surface area contributed by atoms with Gasteiger partial charge in [-0.25, -0.2) is 0 Å². The van der Waals surface area contributed by atoms with E-state index < -0.39 is 0 Å². The molecule has 0 spiro atoms. The first-order valence-electron chi connectivity index (χ1n) is 6.84. The third kappa shape index (κ3) is 5.63. The second-order valence-electron chi connectivity index (χ2n) is 5.72. The summed E-state index contributed by atoms with van der Waals surface area (Å²) in [5.74, 6) is 0. The van der Waals surface area contributed by atoms with Crippen molar-refractivity contribution in [3.63, 3.8) is 0 Å². The summed E-state index contributed by atoms with van der Waals surface area (Å²) in [5.41, 5.74) is 1.42. The highest BCUT2D eigenvalue weighted by Gasteiger charge is 2.19. The van der Waals surface area contributed by atoms with Crippen LogP contribution in [0.5, 0.6) is 0 Å². The van der Waals surface area contributed by atoms with Gasteiger partial charge in [-0.1, -0.05) is 44.5 Å². The van der Waals surface area contributed by atoms with Gasteiger partial charge < -0.3 is 5.32 Å². The third-order valence-corrected chi connectivity index (χ3v) is 3.67. The van der Waals surface area contributed by atoms with Crippen LogP contribution in [0.1, 0.15) is 51.6 Å². The molecule has 104 valence electrons. The quantitative estimate of drug-likeness (QED) is 0.784. The summed E-state index contributed by atoms with van der Waals surface area (Å²) in [6.07, 6.45) is 2.58. The second-order valence-corrected chi connectivity index (χ2v) is 6.15. The van der Waals surface area contributed by atoms with Crippen molar-refractivity contribution in [3.8, 4) is 6.07 Å². The molecule has 0 amide bonds. The van der Waals surface area contributed by atoms with E-state index in [-0.39, 0.29) is 5.41 Å². The Morgan fingerprint density at radius 1 is 1.32 bits per heavy atom. The highest BCUT2D eigenvalue weighted by molar-refractivity contribution is 6.30. The lowest BCUT2D eigenvalue weighted by molar-refractivity contribution is 0.298. The highest BCUT2D eigenvalue weighted by Crippen LogP contribution is 2.24. The van der Waals surface area contributed by atoms with Crippen LogP contribution in [0.15, 0.2) is 24.3 Å². The molecule has 0 saturated carbocycles. The maximum atomic E-state index is 8.67. The van der Waals surface area contributed by atoms with Gasteiger partial charge in [0.25, 0.3) is 0 Å². The van der Waals surface area contributed by atoms with Crippen molar-refractivity contribution in [2.24, 2.45) is 5.41 Å². The minimum atomic E-state index is 0.148. The normalized spacial score (nSPS) is 13.0. The van der Waals surface area contributed by atoms with E-state index in [2.05, 4.69) is 44.3 Å². The van der Waals surface area contributed by atoms with E-state index in [1.807, 2.05) is 12.1 Å². The molecule has 0 aliphatic heterocycles. The van der Waals surface area contributed by atoms with Crippen LogP contribution in [-0.2, 0) is 0 Å². The van der Waals surface area contributed by atoms with E-state index in [0.717, 1.165) is 24.4 Å². The molecule has 3 heteroatoms. The van der Waals surface area contributed by atoms with Gasteiger partial charge in [-0.2, -0.15) is 5.26 Å². The van der Waals surface area contributed by atoms with Crippen molar-refractivity contribution >= 4 is 11.6 Å². The monoisotopic (exact) mass is 278 g/mol. The van der Waals surface area contributed by atoms with Crippen LogP contribution in [0.4, 0.5) is 0 Å². The van der Waals surface area contributed by atoms with Crippen LogP contribution in [0.3, 0.4) is 0 Å². The SMILES string of the molecule is CCC(NCC(C)(C)CCC#N)c1ccc(Cl)cc1. The molecular weight excluding hydrogens is 256 g/mol. The van der Waals surface area contributed by atoms with Crippen molar-refractivity contribution in [2.45, 2.75) is 46.1 Å². The lowest BCUT2D eigenvalue weighted by Crippen LogP contribution is -2.32. The summed E-state index contributed by atoms with van der Waals surface area (Å²) >= 11 is 5.92. The number of rotatable bonds is 7. The fraction of sp³-hybridized carbons (Fsp3) is 0.562. The Morgan fingerprint density at radius 2 is 1.95 bits per heavy atom. The van der Waals surface area contributed by atoms with Crippen LogP contribution in [0.25, 0.3) is 0 Å². The number of benzene rings is 1. The lowest BCUT2D eigenvalue weighted by atomic mass is 9.87. The molecular formula is C16H23ClN2. The van der Waals surface area contributed by atoms with Gasteiger partial charge >= 0.3 is 0 Å². The van der Waals surface area contributed by atoms with Crippen molar-refractivity contribution in [1.29, 1.82) is 5.26 Å². The number of nitrogens with zero attached hydrogens (tertiary/aromatic N) is 1. The predicted molar refractivity (Wildman–Crippen MR) is 81.1 cm³/mol. The van der Waals surface area contributed by atoms with Crippen LogP contribution in [0.2, 0.25) is 5.02 Å². The zero-order chi connectivity index (χ0) is 14.3.